The van der Waals surface area contributed by atoms with E-state index in [0.29, 0.717) is 25.5 Å². The van der Waals surface area contributed by atoms with Crippen LogP contribution in [0.3, 0.4) is 0 Å². The van der Waals surface area contributed by atoms with E-state index in [9.17, 15) is 9.59 Å². The van der Waals surface area contributed by atoms with E-state index in [1.54, 1.807) is 0 Å². The molecule has 2 amide bonds. The number of nitrogens with zero attached hydrogens (tertiary/aromatic N) is 3. The van der Waals surface area contributed by atoms with Gasteiger partial charge < -0.3 is 20.4 Å². The van der Waals surface area contributed by atoms with Crippen LogP contribution >= 0.6 is 0 Å². The highest BCUT2D eigenvalue weighted by Crippen LogP contribution is 2.15. The van der Waals surface area contributed by atoms with Crippen LogP contribution in [0.25, 0.3) is 0 Å². The lowest BCUT2D eigenvalue weighted by Gasteiger charge is -2.17. The summed E-state index contributed by atoms with van der Waals surface area (Å²) in [5.74, 6) is 1.01. The Kier molecular flexibility index (Phi) is 7.28. The summed E-state index contributed by atoms with van der Waals surface area (Å²) in [5, 5.41) is 6.33. The van der Waals surface area contributed by atoms with Crippen LogP contribution in [0.5, 0.6) is 0 Å². The minimum atomic E-state index is 0.125. The fraction of sp³-hybridized carbons (Fsp3) is 0.571. The predicted molar refractivity (Wildman–Crippen MR) is 110 cm³/mol. The first-order chi connectivity index (χ1) is 13.7. The van der Waals surface area contributed by atoms with Crippen LogP contribution in [0, 0.1) is 0 Å². The zero-order chi connectivity index (χ0) is 19.8. The molecule has 0 radical (unpaired) electrons. The van der Waals surface area contributed by atoms with Crippen molar-refractivity contribution in [1.82, 2.24) is 20.4 Å². The lowest BCUT2D eigenvalue weighted by atomic mass is 10.1. The molecule has 0 bridgehead atoms. The van der Waals surface area contributed by atoms with Crippen molar-refractivity contribution in [3.05, 3.63) is 35.4 Å². The van der Waals surface area contributed by atoms with Crippen LogP contribution in [-0.4, -0.2) is 60.3 Å². The Bertz CT molecular complexity index is 713. The van der Waals surface area contributed by atoms with E-state index in [-0.39, 0.29) is 18.4 Å². The summed E-state index contributed by atoms with van der Waals surface area (Å²) in [4.78, 5) is 32.5. The Hall–Kier alpha value is -2.57. The van der Waals surface area contributed by atoms with Gasteiger partial charge in [0, 0.05) is 39.1 Å². The van der Waals surface area contributed by atoms with Crippen LogP contribution in [0.15, 0.2) is 29.3 Å². The molecule has 0 aliphatic carbocycles. The van der Waals surface area contributed by atoms with Gasteiger partial charge in [-0.05, 0) is 37.3 Å². The number of aliphatic imine (C=N–C) groups is 1. The Morgan fingerprint density at radius 2 is 1.89 bits per heavy atom. The third-order valence-corrected chi connectivity index (χ3v) is 5.17. The van der Waals surface area contributed by atoms with Gasteiger partial charge in [-0.15, -0.1) is 0 Å². The molecule has 7 heteroatoms. The van der Waals surface area contributed by atoms with Gasteiger partial charge in [-0.3, -0.25) is 9.59 Å². The first-order valence-electron chi connectivity index (χ1n) is 10.3. The van der Waals surface area contributed by atoms with Crippen molar-refractivity contribution in [2.24, 2.45) is 4.99 Å². The fourth-order valence-corrected chi connectivity index (χ4v) is 3.67. The van der Waals surface area contributed by atoms with Gasteiger partial charge in [0.05, 0.1) is 13.1 Å². The number of carbonyl (C=O) groups excluding carboxylic acids is 2. The van der Waals surface area contributed by atoms with Crippen molar-refractivity contribution in [2.45, 2.75) is 45.7 Å². The van der Waals surface area contributed by atoms with Crippen molar-refractivity contribution in [3.63, 3.8) is 0 Å². The molecule has 0 unspecified atom stereocenters. The maximum absolute atomic E-state index is 12.2. The first kappa shape index (κ1) is 20.2. The summed E-state index contributed by atoms with van der Waals surface area (Å²) in [6.45, 7) is 6.77. The summed E-state index contributed by atoms with van der Waals surface area (Å²) in [5.41, 5.74) is 2.22. The third kappa shape index (κ3) is 5.71. The Morgan fingerprint density at radius 1 is 1.11 bits per heavy atom. The van der Waals surface area contributed by atoms with Gasteiger partial charge in [0.25, 0.3) is 0 Å². The molecule has 152 valence electrons. The van der Waals surface area contributed by atoms with Crippen molar-refractivity contribution < 1.29 is 9.59 Å². The van der Waals surface area contributed by atoms with Crippen LogP contribution in [0.4, 0.5) is 0 Å². The highest BCUT2D eigenvalue weighted by atomic mass is 16.2. The minimum Gasteiger partial charge on any atom is -0.357 e. The zero-order valence-electron chi connectivity index (χ0n) is 16.7. The largest absolute Gasteiger partial charge is 0.357 e. The lowest BCUT2D eigenvalue weighted by Crippen LogP contribution is -2.44. The molecule has 1 aromatic rings. The molecule has 3 rings (SSSR count). The van der Waals surface area contributed by atoms with Crippen molar-refractivity contribution in [2.75, 3.05) is 32.7 Å². The Morgan fingerprint density at radius 3 is 2.61 bits per heavy atom. The molecule has 0 aromatic heterocycles. The topological polar surface area (TPSA) is 77.0 Å². The smallest absolute Gasteiger partial charge is 0.241 e. The van der Waals surface area contributed by atoms with Crippen molar-refractivity contribution >= 4 is 17.8 Å². The summed E-state index contributed by atoms with van der Waals surface area (Å²) >= 11 is 0. The Labute approximate surface area is 167 Å². The fourth-order valence-electron chi connectivity index (χ4n) is 3.67. The van der Waals surface area contributed by atoms with Crippen molar-refractivity contribution in [1.29, 1.82) is 0 Å². The molecular formula is C21H31N5O2. The number of carbonyl (C=O) groups is 2. The molecule has 0 saturated carbocycles. The number of nitrogens with one attached hydrogen (secondary N) is 2. The maximum Gasteiger partial charge on any atom is 0.241 e. The molecule has 7 nitrogen and oxygen atoms in total. The lowest BCUT2D eigenvalue weighted by molar-refractivity contribution is -0.129. The van der Waals surface area contributed by atoms with Gasteiger partial charge in [-0.25, -0.2) is 4.99 Å². The molecule has 2 saturated heterocycles. The zero-order valence-corrected chi connectivity index (χ0v) is 16.7. The van der Waals surface area contributed by atoms with Gasteiger partial charge in [-0.1, -0.05) is 24.3 Å². The number of amides is 2. The molecule has 28 heavy (non-hydrogen) atoms. The number of benzene rings is 1. The van der Waals surface area contributed by atoms with Crippen molar-refractivity contribution in [3.8, 4) is 0 Å². The SMILES string of the molecule is CCNC(=NCc1cccc(CN2CCCC2=O)c1)NCC(=O)N1CCCC1. The quantitative estimate of drug-likeness (QED) is 0.551. The summed E-state index contributed by atoms with van der Waals surface area (Å²) in [7, 11) is 0. The van der Waals surface area contributed by atoms with E-state index < -0.39 is 0 Å². The molecule has 2 aliphatic heterocycles. The minimum absolute atomic E-state index is 0.125. The maximum atomic E-state index is 12.2. The number of hydrogen-bond acceptors (Lipinski definition) is 3. The second kappa shape index (κ2) is 10.1. The average molecular weight is 386 g/mol. The summed E-state index contributed by atoms with van der Waals surface area (Å²) in [6, 6.07) is 8.21. The molecule has 1 aromatic carbocycles. The standard InChI is InChI=1S/C21H31N5O2/c1-2-22-21(24-15-20(28)25-10-3-4-11-25)23-14-17-7-5-8-18(13-17)16-26-12-6-9-19(26)27/h5,7-8,13H,2-4,6,9-12,14-16H2,1H3,(H2,22,23,24). The van der Waals surface area contributed by atoms with Gasteiger partial charge in [0.1, 0.15) is 0 Å². The van der Waals surface area contributed by atoms with Crippen LogP contribution in [0.1, 0.15) is 43.7 Å². The van der Waals surface area contributed by atoms with Gasteiger partial charge in [0.2, 0.25) is 11.8 Å². The second-order valence-corrected chi connectivity index (χ2v) is 7.38. The molecule has 0 spiro atoms. The van der Waals surface area contributed by atoms with Crippen LogP contribution < -0.4 is 10.6 Å². The van der Waals surface area contributed by atoms with E-state index in [4.69, 9.17) is 0 Å². The normalized spacial score (nSPS) is 17.3. The third-order valence-electron chi connectivity index (χ3n) is 5.17. The number of guanidine groups is 1. The van der Waals surface area contributed by atoms with Crippen LogP contribution in [-0.2, 0) is 22.7 Å². The molecule has 2 aliphatic rings. The predicted octanol–water partition coefficient (Wildman–Crippen LogP) is 1.49. The second-order valence-electron chi connectivity index (χ2n) is 7.38. The highest BCUT2D eigenvalue weighted by molar-refractivity contribution is 5.86. The molecular weight excluding hydrogens is 354 g/mol. The molecule has 2 fully saturated rings. The van der Waals surface area contributed by atoms with E-state index in [2.05, 4.69) is 27.8 Å². The number of hydrogen-bond donors (Lipinski definition) is 2. The number of likely N-dealkylation sites (tertiary alicyclic amines) is 2. The highest BCUT2D eigenvalue weighted by Gasteiger charge is 2.20. The first-order valence-corrected chi connectivity index (χ1v) is 10.3. The van der Waals surface area contributed by atoms with Gasteiger partial charge >= 0.3 is 0 Å². The van der Waals surface area contributed by atoms with E-state index in [0.717, 1.165) is 56.6 Å². The van der Waals surface area contributed by atoms with E-state index >= 15 is 0 Å². The van der Waals surface area contributed by atoms with Gasteiger partial charge in [0.15, 0.2) is 5.96 Å². The monoisotopic (exact) mass is 385 g/mol. The summed E-state index contributed by atoms with van der Waals surface area (Å²) < 4.78 is 0. The van der Waals surface area contributed by atoms with E-state index in [1.165, 1.54) is 0 Å². The molecule has 0 atom stereocenters. The van der Waals surface area contributed by atoms with Gasteiger partial charge in [-0.2, -0.15) is 0 Å². The Balaban J connectivity index is 1.55. The van der Waals surface area contributed by atoms with Crippen LogP contribution in [0.2, 0.25) is 0 Å². The summed E-state index contributed by atoms with van der Waals surface area (Å²) in [6.07, 6.45) is 3.81. The molecule has 2 heterocycles. The molecule has 2 N–H and O–H groups in total. The van der Waals surface area contributed by atoms with E-state index in [1.807, 2.05) is 28.9 Å². The number of rotatable bonds is 7. The average Bonchev–Trinajstić information content (AvgIpc) is 3.37.